The molecular weight excluding hydrogens is 292 g/mol. The fraction of sp³-hybridized carbons (Fsp3) is 0.294. The lowest BCUT2D eigenvalue weighted by Crippen LogP contribution is -2.31. The molecule has 4 rings (SSSR count). The summed E-state index contributed by atoms with van der Waals surface area (Å²) < 4.78 is 6.94. The van der Waals surface area contributed by atoms with Gasteiger partial charge in [-0.2, -0.15) is 5.10 Å². The molecule has 0 radical (unpaired) electrons. The number of hydrogen-bond acceptors (Lipinski definition) is 3. The topological polar surface area (TPSA) is 71.9 Å². The molecule has 0 aliphatic carbocycles. The van der Waals surface area contributed by atoms with Crippen LogP contribution in [-0.4, -0.2) is 33.9 Å². The van der Waals surface area contributed by atoms with Crippen LogP contribution < -0.4 is 5.32 Å². The van der Waals surface area contributed by atoms with Gasteiger partial charge in [0.2, 0.25) is 0 Å². The van der Waals surface area contributed by atoms with Gasteiger partial charge in [0.1, 0.15) is 0 Å². The van der Waals surface area contributed by atoms with Gasteiger partial charge >= 0.3 is 0 Å². The lowest BCUT2D eigenvalue weighted by Gasteiger charge is -2.25. The van der Waals surface area contributed by atoms with Gasteiger partial charge in [-0.1, -0.05) is 6.07 Å². The Labute approximate surface area is 133 Å². The highest BCUT2D eigenvalue weighted by Gasteiger charge is 2.22. The zero-order valence-electron chi connectivity index (χ0n) is 12.9. The first-order chi connectivity index (χ1) is 11.2. The van der Waals surface area contributed by atoms with Crippen molar-refractivity contribution in [1.82, 2.24) is 20.1 Å². The summed E-state index contributed by atoms with van der Waals surface area (Å²) in [7, 11) is 0. The van der Waals surface area contributed by atoms with Crippen LogP contribution in [0.15, 0.2) is 36.7 Å². The Balaban J connectivity index is 1.42. The molecule has 2 N–H and O–H groups in total. The molecule has 0 saturated carbocycles. The quantitative estimate of drug-likeness (QED) is 0.776. The second kappa shape index (κ2) is 5.55. The molecule has 2 aromatic heterocycles. The first-order valence-corrected chi connectivity index (χ1v) is 7.67. The number of nitrogens with zero attached hydrogens (tertiary/aromatic N) is 2. The third kappa shape index (κ3) is 2.73. The fourth-order valence-electron chi connectivity index (χ4n) is 2.75. The Morgan fingerprint density at radius 1 is 1.43 bits per heavy atom. The number of H-pyrrole nitrogens is 1. The highest BCUT2D eigenvalue weighted by molar-refractivity contribution is 5.93. The standard InChI is InChI=1S/C17H18N4O2/c1-11-4-13-5-12(2-3-16(13)20-11)6-18-17(22)14-7-19-21(8-14)15-9-23-10-15/h2-5,7-8,15,20H,6,9-10H2,1H3,(H,18,22). The maximum absolute atomic E-state index is 12.2. The zero-order chi connectivity index (χ0) is 15.8. The van der Waals surface area contributed by atoms with Crippen molar-refractivity contribution < 1.29 is 9.53 Å². The van der Waals surface area contributed by atoms with E-state index in [-0.39, 0.29) is 11.9 Å². The number of benzene rings is 1. The van der Waals surface area contributed by atoms with E-state index < -0.39 is 0 Å². The number of ether oxygens (including phenoxy) is 1. The van der Waals surface area contributed by atoms with Crippen LogP contribution >= 0.6 is 0 Å². The minimum atomic E-state index is -0.109. The lowest BCUT2D eigenvalue weighted by atomic mass is 10.1. The van der Waals surface area contributed by atoms with Gasteiger partial charge in [0, 0.05) is 24.0 Å². The number of nitrogens with one attached hydrogen (secondary N) is 2. The molecule has 3 heterocycles. The summed E-state index contributed by atoms with van der Waals surface area (Å²) in [6.07, 6.45) is 3.38. The van der Waals surface area contributed by atoms with Gasteiger partial charge in [0.25, 0.3) is 5.91 Å². The molecule has 23 heavy (non-hydrogen) atoms. The molecule has 1 aliphatic rings. The number of aromatic amines is 1. The number of amides is 1. The van der Waals surface area contributed by atoms with E-state index in [0.717, 1.165) is 22.2 Å². The molecule has 1 fully saturated rings. The average molecular weight is 310 g/mol. The maximum Gasteiger partial charge on any atom is 0.254 e. The highest BCUT2D eigenvalue weighted by atomic mass is 16.5. The van der Waals surface area contributed by atoms with Gasteiger partial charge in [-0.15, -0.1) is 0 Å². The second-order valence-corrected chi connectivity index (χ2v) is 5.96. The summed E-state index contributed by atoms with van der Waals surface area (Å²) in [4.78, 5) is 15.5. The number of carbonyl (C=O) groups is 1. The molecular formula is C17H18N4O2. The van der Waals surface area contributed by atoms with Crippen LogP contribution in [-0.2, 0) is 11.3 Å². The molecule has 1 amide bonds. The van der Waals surface area contributed by atoms with E-state index in [2.05, 4.69) is 27.5 Å². The van der Waals surface area contributed by atoms with E-state index in [1.54, 1.807) is 17.1 Å². The largest absolute Gasteiger partial charge is 0.377 e. The summed E-state index contributed by atoms with van der Waals surface area (Å²) in [5.41, 5.74) is 3.90. The van der Waals surface area contributed by atoms with Gasteiger partial charge < -0.3 is 15.0 Å². The Morgan fingerprint density at radius 3 is 3.09 bits per heavy atom. The van der Waals surface area contributed by atoms with Crippen molar-refractivity contribution in [2.75, 3.05) is 13.2 Å². The molecule has 1 aromatic carbocycles. The third-order valence-electron chi connectivity index (χ3n) is 4.13. The number of carbonyl (C=O) groups excluding carboxylic acids is 1. The van der Waals surface area contributed by atoms with Gasteiger partial charge in [-0.25, -0.2) is 0 Å². The zero-order valence-corrected chi connectivity index (χ0v) is 12.9. The average Bonchev–Trinajstić information content (AvgIpc) is 3.08. The summed E-state index contributed by atoms with van der Waals surface area (Å²) in [6.45, 7) is 3.86. The number of rotatable bonds is 4. The van der Waals surface area contributed by atoms with E-state index >= 15 is 0 Å². The van der Waals surface area contributed by atoms with E-state index in [9.17, 15) is 4.79 Å². The molecule has 0 spiro atoms. The van der Waals surface area contributed by atoms with E-state index in [0.29, 0.717) is 25.3 Å². The van der Waals surface area contributed by atoms with Gasteiger partial charge in [-0.3, -0.25) is 9.48 Å². The van der Waals surface area contributed by atoms with Gasteiger partial charge in [0.05, 0.1) is 31.0 Å². The molecule has 0 atom stereocenters. The van der Waals surface area contributed by atoms with Crippen LogP contribution in [0.1, 0.15) is 27.7 Å². The van der Waals surface area contributed by atoms with Crippen molar-refractivity contribution in [3.63, 3.8) is 0 Å². The lowest BCUT2D eigenvalue weighted by molar-refractivity contribution is -0.0286. The van der Waals surface area contributed by atoms with Crippen molar-refractivity contribution in [1.29, 1.82) is 0 Å². The van der Waals surface area contributed by atoms with Crippen LogP contribution in [0.4, 0.5) is 0 Å². The number of hydrogen-bond donors (Lipinski definition) is 2. The molecule has 0 unspecified atom stereocenters. The van der Waals surface area contributed by atoms with E-state index in [1.165, 1.54) is 0 Å². The second-order valence-electron chi connectivity index (χ2n) is 5.96. The maximum atomic E-state index is 12.2. The summed E-state index contributed by atoms with van der Waals surface area (Å²) in [5.74, 6) is -0.109. The van der Waals surface area contributed by atoms with Crippen LogP contribution in [0.3, 0.4) is 0 Å². The van der Waals surface area contributed by atoms with E-state index in [4.69, 9.17) is 4.74 Å². The molecule has 1 aliphatic heterocycles. The summed E-state index contributed by atoms with van der Waals surface area (Å²) >= 11 is 0. The van der Waals surface area contributed by atoms with Crippen LogP contribution in [0.5, 0.6) is 0 Å². The highest BCUT2D eigenvalue weighted by Crippen LogP contribution is 2.18. The molecule has 118 valence electrons. The Hall–Kier alpha value is -2.60. The molecule has 6 nitrogen and oxygen atoms in total. The van der Waals surface area contributed by atoms with Gasteiger partial charge in [-0.05, 0) is 36.1 Å². The Morgan fingerprint density at radius 2 is 2.30 bits per heavy atom. The predicted molar refractivity (Wildman–Crippen MR) is 86.3 cm³/mol. The minimum Gasteiger partial charge on any atom is -0.377 e. The number of fused-ring (bicyclic) bond motifs is 1. The summed E-state index contributed by atoms with van der Waals surface area (Å²) in [6, 6.07) is 8.52. The SMILES string of the molecule is Cc1cc2cc(CNC(=O)c3cnn(C4COC4)c3)ccc2[nH]1. The fourth-order valence-corrected chi connectivity index (χ4v) is 2.75. The number of aryl methyl sites for hydroxylation is 1. The molecule has 6 heteroatoms. The van der Waals surface area contributed by atoms with Crippen molar-refractivity contribution in [2.45, 2.75) is 19.5 Å². The molecule has 1 saturated heterocycles. The third-order valence-corrected chi connectivity index (χ3v) is 4.13. The normalized spacial score (nSPS) is 14.8. The van der Waals surface area contributed by atoms with Crippen molar-refractivity contribution in [2.24, 2.45) is 0 Å². The molecule has 0 bridgehead atoms. The van der Waals surface area contributed by atoms with Crippen LogP contribution in [0, 0.1) is 6.92 Å². The van der Waals surface area contributed by atoms with Crippen molar-refractivity contribution in [3.8, 4) is 0 Å². The summed E-state index contributed by atoms with van der Waals surface area (Å²) in [5, 5.41) is 8.33. The number of aromatic nitrogens is 3. The monoisotopic (exact) mass is 310 g/mol. The predicted octanol–water partition coefficient (Wildman–Crippen LogP) is 2.17. The first kappa shape index (κ1) is 14.0. The van der Waals surface area contributed by atoms with Crippen molar-refractivity contribution in [3.05, 3.63) is 53.5 Å². The van der Waals surface area contributed by atoms with Crippen LogP contribution in [0.2, 0.25) is 0 Å². The molecule has 3 aromatic rings. The van der Waals surface area contributed by atoms with Gasteiger partial charge in [0.15, 0.2) is 0 Å². The van der Waals surface area contributed by atoms with Crippen molar-refractivity contribution >= 4 is 16.8 Å². The minimum absolute atomic E-state index is 0.109. The Kier molecular flexibility index (Phi) is 3.38. The first-order valence-electron chi connectivity index (χ1n) is 7.67. The smallest absolute Gasteiger partial charge is 0.254 e. The van der Waals surface area contributed by atoms with E-state index in [1.807, 2.05) is 19.1 Å². The Bertz CT molecular complexity index is 860. The van der Waals surface area contributed by atoms with Crippen LogP contribution in [0.25, 0.3) is 10.9 Å².